The molecule has 1 heterocycles. The predicted molar refractivity (Wildman–Crippen MR) is 67.7 cm³/mol. The Morgan fingerprint density at radius 2 is 1.93 bits per heavy atom. The van der Waals surface area contributed by atoms with Gasteiger partial charge in [-0.1, -0.05) is 13.8 Å². The normalized spacial score (nSPS) is 18.6. The molecule has 1 fully saturated rings. The van der Waals surface area contributed by atoms with Gasteiger partial charge in [-0.25, -0.2) is 0 Å². The summed E-state index contributed by atoms with van der Waals surface area (Å²) in [5, 5.41) is 3.54. The van der Waals surface area contributed by atoms with Gasteiger partial charge >= 0.3 is 0 Å². The Kier molecular flexibility index (Phi) is 5.95. The first kappa shape index (κ1) is 13.3. The summed E-state index contributed by atoms with van der Waals surface area (Å²) in [5.41, 5.74) is 0.340. The Balaban J connectivity index is 2.00. The molecule has 0 aromatic carbocycles. The lowest BCUT2D eigenvalue weighted by molar-refractivity contribution is 0.299. The highest BCUT2D eigenvalue weighted by Gasteiger charge is 2.16. The number of rotatable bonds is 7. The summed E-state index contributed by atoms with van der Waals surface area (Å²) in [6, 6.07) is 0. The van der Waals surface area contributed by atoms with Crippen molar-refractivity contribution in [3.8, 4) is 0 Å². The summed E-state index contributed by atoms with van der Waals surface area (Å²) in [6.07, 6.45) is 3.86. The molecule has 0 spiro atoms. The highest BCUT2D eigenvalue weighted by atomic mass is 35.5. The van der Waals surface area contributed by atoms with Crippen LogP contribution in [0.4, 0.5) is 0 Å². The monoisotopic (exact) mass is 232 g/mol. The van der Waals surface area contributed by atoms with Crippen LogP contribution < -0.4 is 5.32 Å². The van der Waals surface area contributed by atoms with Crippen LogP contribution in [-0.4, -0.2) is 43.5 Å². The molecule has 0 atom stereocenters. The smallest absolute Gasteiger partial charge is 0.0229 e. The molecule has 0 aromatic rings. The molecule has 1 aliphatic rings. The van der Waals surface area contributed by atoms with Gasteiger partial charge < -0.3 is 10.2 Å². The van der Waals surface area contributed by atoms with Gasteiger partial charge in [-0.2, -0.15) is 0 Å². The molecule has 0 bridgehead atoms. The second-order valence-corrected chi connectivity index (χ2v) is 5.71. The second kappa shape index (κ2) is 6.72. The number of nitrogens with zero attached hydrogens (tertiary/aromatic N) is 1. The summed E-state index contributed by atoms with van der Waals surface area (Å²) in [5.74, 6) is 0.765. The molecule has 90 valence electrons. The zero-order chi connectivity index (χ0) is 11.1. The molecule has 0 unspecified atom stereocenters. The maximum atomic E-state index is 5.77. The van der Waals surface area contributed by atoms with Gasteiger partial charge in [0.15, 0.2) is 0 Å². The zero-order valence-electron chi connectivity index (χ0n) is 10.2. The summed E-state index contributed by atoms with van der Waals surface area (Å²) in [6.45, 7) is 10.5. The average molecular weight is 233 g/mol. The van der Waals surface area contributed by atoms with Crippen LogP contribution in [0.25, 0.3) is 0 Å². The molecule has 0 amide bonds. The highest BCUT2D eigenvalue weighted by Crippen LogP contribution is 2.19. The van der Waals surface area contributed by atoms with Gasteiger partial charge in [0, 0.05) is 25.5 Å². The van der Waals surface area contributed by atoms with Crippen LogP contribution in [0.15, 0.2) is 0 Å². The first-order valence-corrected chi connectivity index (χ1v) is 6.66. The number of alkyl halides is 1. The van der Waals surface area contributed by atoms with E-state index < -0.39 is 0 Å². The molecule has 1 rings (SSSR count). The van der Waals surface area contributed by atoms with E-state index in [4.69, 9.17) is 11.6 Å². The third-order valence-corrected chi connectivity index (χ3v) is 3.37. The average Bonchev–Trinajstić information content (AvgIpc) is 2.65. The maximum Gasteiger partial charge on any atom is 0.0229 e. The van der Waals surface area contributed by atoms with E-state index >= 15 is 0 Å². The van der Waals surface area contributed by atoms with Crippen LogP contribution in [0.1, 0.15) is 33.1 Å². The standard InChI is InChI=1S/C12H25ClN2/c1-12(2,5-6-13)11-14-7-10-15-8-3-4-9-15/h14H,3-11H2,1-2H3. The van der Waals surface area contributed by atoms with Crippen LogP contribution in [0.2, 0.25) is 0 Å². The van der Waals surface area contributed by atoms with Crippen molar-refractivity contribution < 1.29 is 0 Å². The third-order valence-electron chi connectivity index (χ3n) is 3.18. The lowest BCUT2D eigenvalue weighted by Crippen LogP contribution is -2.35. The number of hydrogen-bond donors (Lipinski definition) is 1. The molecule has 0 radical (unpaired) electrons. The molecule has 1 saturated heterocycles. The fourth-order valence-corrected chi connectivity index (χ4v) is 2.53. The Morgan fingerprint density at radius 1 is 1.27 bits per heavy atom. The third kappa shape index (κ3) is 5.74. The van der Waals surface area contributed by atoms with E-state index in [-0.39, 0.29) is 0 Å². The van der Waals surface area contributed by atoms with Crippen LogP contribution in [-0.2, 0) is 0 Å². The first-order chi connectivity index (χ1) is 7.14. The molecular weight excluding hydrogens is 208 g/mol. The van der Waals surface area contributed by atoms with Crippen LogP contribution in [0.3, 0.4) is 0 Å². The number of likely N-dealkylation sites (tertiary alicyclic amines) is 1. The van der Waals surface area contributed by atoms with E-state index in [1.165, 1.54) is 32.5 Å². The van der Waals surface area contributed by atoms with Crippen molar-refractivity contribution in [1.82, 2.24) is 10.2 Å². The van der Waals surface area contributed by atoms with Crippen molar-refractivity contribution in [2.75, 3.05) is 38.6 Å². The fourth-order valence-electron chi connectivity index (χ4n) is 2.01. The van der Waals surface area contributed by atoms with Crippen LogP contribution in [0.5, 0.6) is 0 Å². The topological polar surface area (TPSA) is 15.3 Å². The van der Waals surface area contributed by atoms with E-state index in [9.17, 15) is 0 Å². The first-order valence-electron chi connectivity index (χ1n) is 6.13. The number of halogens is 1. The van der Waals surface area contributed by atoms with E-state index in [0.717, 1.165) is 25.4 Å². The van der Waals surface area contributed by atoms with Crippen molar-refractivity contribution >= 4 is 11.6 Å². The Bertz CT molecular complexity index is 165. The summed E-state index contributed by atoms with van der Waals surface area (Å²) >= 11 is 5.77. The molecule has 1 aliphatic heterocycles. The molecule has 0 aliphatic carbocycles. The van der Waals surface area contributed by atoms with E-state index in [1.54, 1.807) is 0 Å². The van der Waals surface area contributed by atoms with E-state index in [1.807, 2.05) is 0 Å². The van der Waals surface area contributed by atoms with Crippen molar-refractivity contribution in [3.05, 3.63) is 0 Å². The molecule has 3 heteroatoms. The Hall–Kier alpha value is 0.210. The Labute approximate surface area is 99.4 Å². The number of hydrogen-bond acceptors (Lipinski definition) is 2. The van der Waals surface area contributed by atoms with Gasteiger partial charge in [-0.05, 0) is 37.8 Å². The van der Waals surface area contributed by atoms with Crippen molar-refractivity contribution in [2.45, 2.75) is 33.1 Å². The SMILES string of the molecule is CC(C)(CCCl)CNCCN1CCCC1. The molecule has 2 nitrogen and oxygen atoms in total. The molecule has 0 saturated carbocycles. The number of nitrogens with one attached hydrogen (secondary N) is 1. The van der Waals surface area contributed by atoms with Gasteiger partial charge in [0.05, 0.1) is 0 Å². The maximum absolute atomic E-state index is 5.77. The van der Waals surface area contributed by atoms with Crippen LogP contribution in [0, 0.1) is 5.41 Å². The zero-order valence-corrected chi connectivity index (χ0v) is 10.9. The van der Waals surface area contributed by atoms with Gasteiger partial charge in [-0.3, -0.25) is 0 Å². The quantitative estimate of drug-likeness (QED) is 0.536. The Morgan fingerprint density at radius 3 is 2.53 bits per heavy atom. The minimum atomic E-state index is 0.340. The minimum Gasteiger partial charge on any atom is -0.315 e. The lowest BCUT2D eigenvalue weighted by Gasteiger charge is -2.24. The highest BCUT2D eigenvalue weighted by molar-refractivity contribution is 6.17. The van der Waals surface area contributed by atoms with Gasteiger partial charge in [0.25, 0.3) is 0 Å². The summed E-state index contributed by atoms with van der Waals surface area (Å²) in [7, 11) is 0. The molecule has 0 aromatic heterocycles. The fraction of sp³-hybridized carbons (Fsp3) is 1.00. The molecule has 15 heavy (non-hydrogen) atoms. The second-order valence-electron chi connectivity index (χ2n) is 5.33. The van der Waals surface area contributed by atoms with E-state index in [2.05, 4.69) is 24.1 Å². The van der Waals surface area contributed by atoms with Gasteiger partial charge in [-0.15, -0.1) is 11.6 Å². The van der Waals surface area contributed by atoms with Crippen LogP contribution >= 0.6 is 11.6 Å². The summed E-state index contributed by atoms with van der Waals surface area (Å²) < 4.78 is 0. The van der Waals surface area contributed by atoms with E-state index in [0.29, 0.717) is 5.41 Å². The largest absolute Gasteiger partial charge is 0.315 e. The van der Waals surface area contributed by atoms with Crippen molar-refractivity contribution in [2.24, 2.45) is 5.41 Å². The van der Waals surface area contributed by atoms with Crippen molar-refractivity contribution in [3.63, 3.8) is 0 Å². The minimum absolute atomic E-state index is 0.340. The van der Waals surface area contributed by atoms with Gasteiger partial charge in [0.2, 0.25) is 0 Å². The lowest BCUT2D eigenvalue weighted by atomic mass is 9.90. The molecule has 1 N–H and O–H groups in total. The van der Waals surface area contributed by atoms with Crippen molar-refractivity contribution in [1.29, 1.82) is 0 Å². The molecular formula is C12H25ClN2. The summed E-state index contributed by atoms with van der Waals surface area (Å²) in [4.78, 5) is 2.54. The van der Waals surface area contributed by atoms with Gasteiger partial charge in [0.1, 0.15) is 0 Å². The predicted octanol–water partition coefficient (Wildman–Crippen LogP) is 2.33.